The third-order valence-corrected chi connectivity index (χ3v) is 4.99. The van der Waals surface area contributed by atoms with E-state index in [-0.39, 0.29) is 23.8 Å². The second kappa shape index (κ2) is 10.0. The predicted octanol–water partition coefficient (Wildman–Crippen LogP) is 4.26. The highest BCUT2D eigenvalue weighted by atomic mass is 19.1. The lowest BCUT2D eigenvalue weighted by Gasteiger charge is -2.12. The highest BCUT2D eigenvalue weighted by Crippen LogP contribution is 2.20. The molecule has 0 bridgehead atoms. The Kier molecular flexibility index (Phi) is 6.72. The lowest BCUT2D eigenvalue weighted by Crippen LogP contribution is -2.34. The van der Waals surface area contributed by atoms with E-state index in [9.17, 15) is 14.0 Å². The Labute approximate surface area is 196 Å². The van der Waals surface area contributed by atoms with Crippen LogP contribution in [0, 0.1) is 5.82 Å². The molecule has 2 heterocycles. The van der Waals surface area contributed by atoms with Crippen molar-refractivity contribution in [2.24, 2.45) is 0 Å². The summed E-state index contributed by atoms with van der Waals surface area (Å²) in [5.74, 6) is -0.0986. The summed E-state index contributed by atoms with van der Waals surface area (Å²) in [6.07, 6.45) is 5.12. The van der Waals surface area contributed by atoms with Gasteiger partial charge in [-0.2, -0.15) is 5.10 Å². The molecule has 4 aromatic rings. The molecule has 0 spiro atoms. The van der Waals surface area contributed by atoms with Crippen molar-refractivity contribution in [2.75, 3.05) is 5.32 Å². The van der Waals surface area contributed by atoms with E-state index in [0.29, 0.717) is 29.3 Å². The lowest BCUT2D eigenvalue weighted by atomic mass is 10.2. The Morgan fingerprint density at radius 2 is 1.68 bits per heavy atom. The third kappa shape index (κ3) is 5.32. The van der Waals surface area contributed by atoms with E-state index >= 15 is 0 Å². The molecule has 0 atom stereocenters. The highest BCUT2D eigenvalue weighted by molar-refractivity contribution is 5.97. The number of hydrogen-bond acceptors (Lipinski definition) is 3. The number of halogens is 1. The molecular formula is C25H25FN6O2. The molecule has 0 aliphatic carbocycles. The van der Waals surface area contributed by atoms with Crippen molar-refractivity contribution >= 4 is 17.6 Å². The van der Waals surface area contributed by atoms with Gasteiger partial charge in [-0.3, -0.25) is 4.79 Å². The summed E-state index contributed by atoms with van der Waals surface area (Å²) in [5.41, 5.74) is 2.54. The van der Waals surface area contributed by atoms with Gasteiger partial charge in [0.15, 0.2) is 5.82 Å². The molecule has 0 fully saturated rings. The van der Waals surface area contributed by atoms with Crippen molar-refractivity contribution in [3.05, 3.63) is 96.2 Å². The number of carbonyl (C=O) groups excluding carboxylic acids is 2. The van der Waals surface area contributed by atoms with Gasteiger partial charge in [0, 0.05) is 30.7 Å². The number of aromatic nitrogens is 3. The van der Waals surface area contributed by atoms with Crippen LogP contribution >= 0.6 is 0 Å². The van der Waals surface area contributed by atoms with Crippen LogP contribution in [0.25, 0.3) is 11.5 Å². The Hall–Kier alpha value is -4.40. The van der Waals surface area contributed by atoms with Crippen LogP contribution in [0.3, 0.4) is 0 Å². The number of amides is 3. The average Bonchev–Trinajstić information content (AvgIpc) is 3.48. The van der Waals surface area contributed by atoms with Crippen molar-refractivity contribution in [2.45, 2.75) is 26.4 Å². The van der Waals surface area contributed by atoms with Crippen LogP contribution in [0.15, 0.2) is 79.3 Å². The predicted molar refractivity (Wildman–Crippen MR) is 128 cm³/mol. The molecule has 0 saturated heterocycles. The van der Waals surface area contributed by atoms with Gasteiger partial charge in [-0.1, -0.05) is 12.1 Å². The number of anilines is 1. The summed E-state index contributed by atoms with van der Waals surface area (Å²) in [6.45, 7) is 4.07. The van der Waals surface area contributed by atoms with Crippen LogP contribution in [0.1, 0.15) is 29.8 Å². The SMILES string of the molecule is CC(C)NC(=O)Nc1ccc(CNC(=O)c2cnn(-c3ccc(F)cc3)c2-n2cccc2)cc1. The second-order valence-corrected chi connectivity index (χ2v) is 7.99. The normalized spacial score (nSPS) is 10.8. The standard InChI is InChI=1S/C25H25FN6O2/c1-17(2)29-25(34)30-20-9-5-18(6-10-20)15-27-23(33)22-16-28-32(21-11-7-19(26)8-12-21)24(22)31-13-3-4-14-31/h3-14,16-17H,15H2,1-2H3,(H,27,33)(H2,29,30,34). The summed E-state index contributed by atoms with van der Waals surface area (Å²) in [6, 6.07) is 16.6. The molecule has 4 rings (SSSR count). The van der Waals surface area contributed by atoms with Crippen molar-refractivity contribution in [1.82, 2.24) is 25.0 Å². The first-order chi connectivity index (χ1) is 16.4. The van der Waals surface area contributed by atoms with Crippen LogP contribution in [-0.2, 0) is 6.54 Å². The van der Waals surface area contributed by atoms with Crippen LogP contribution in [0.4, 0.5) is 14.9 Å². The Bertz CT molecular complexity index is 1260. The number of carbonyl (C=O) groups is 2. The van der Waals surface area contributed by atoms with Crippen LogP contribution < -0.4 is 16.0 Å². The minimum atomic E-state index is -0.349. The molecule has 2 aromatic heterocycles. The minimum absolute atomic E-state index is 0.0401. The Balaban J connectivity index is 1.48. The molecule has 0 unspecified atom stereocenters. The molecule has 0 aliphatic heterocycles. The van der Waals surface area contributed by atoms with Gasteiger partial charge in [0.1, 0.15) is 11.4 Å². The average molecular weight is 461 g/mol. The Morgan fingerprint density at radius 1 is 1.00 bits per heavy atom. The van der Waals surface area contributed by atoms with Crippen molar-refractivity contribution in [1.29, 1.82) is 0 Å². The first-order valence-corrected chi connectivity index (χ1v) is 10.8. The summed E-state index contributed by atoms with van der Waals surface area (Å²) in [7, 11) is 0. The van der Waals surface area contributed by atoms with E-state index in [1.807, 2.05) is 50.5 Å². The fourth-order valence-corrected chi connectivity index (χ4v) is 3.41. The number of nitrogens with one attached hydrogen (secondary N) is 3. The Morgan fingerprint density at radius 3 is 2.32 bits per heavy atom. The first-order valence-electron chi connectivity index (χ1n) is 10.8. The van der Waals surface area contributed by atoms with E-state index in [1.165, 1.54) is 18.3 Å². The first kappa shape index (κ1) is 22.8. The molecule has 3 N–H and O–H groups in total. The number of rotatable bonds is 7. The van der Waals surface area contributed by atoms with Crippen molar-refractivity contribution in [3.8, 4) is 11.5 Å². The molecule has 34 heavy (non-hydrogen) atoms. The third-order valence-electron chi connectivity index (χ3n) is 4.99. The smallest absolute Gasteiger partial charge is 0.319 e. The molecule has 0 saturated carbocycles. The summed E-state index contributed by atoms with van der Waals surface area (Å²) >= 11 is 0. The van der Waals surface area contributed by atoms with Gasteiger partial charge in [0.25, 0.3) is 5.91 Å². The zero-order valence-electron chi connectivity index (χ0n) is 18.8. The maximum atomic E-state index is 13.4. The quantitative estimate of drug-likeness (QED) is 0.385. The van der Waals surface area contributed by atoms with Gasteiger partial charge in [-0.05, 0) is 67.9 Å². The number of nitrogens with zero attached hydrogens (tertiary/aromatic N) is 3. The van der Waals surface area contributed by atoms with Gasteiger partial charge < -0.3 is 20.5 Å². The number of hydrogen-bond donors (Lipinski definition) is 3. The van der Waals surface area contributed by atoms with Crippen LogP contribution in [-0.4, -0.2) is 32.3 Å². The monoisotopic (exact) mass is 460 g/mol. The van der Waals surface area contributed by atoms with Crippen molar-refractivity contribution in [3.63, 3.8) is 0 Å². The fraction of sp³-hybridized carbons (Fsp3) is 0.160. The number of urea groups is 1. The molecule has 9 heteroatoms. The van der Waals surface area contributed by atoms with E-state index in [1.54, 1.807) is 33.5 Å². The minimum Gasteiger partial charge on any atom is -0.348 e. The molecule has 2 aromatic carbocycles. The van der Waals surface area contributed by atoms with Crippen molar-refractivity contribution < 1.29 is 14.0 Å². The molecule has 0 radical (unpaired) electrons. The van der Waals surface area contributed by atoms with E-state index in [4.69, 9.17) is 0 Å². The summed E-state index contributed by atoms with van der Waals surface area (Å²) in [5, 5.41) is 12.8. The molecule has 174 valence electrons. The zero-order valence-corrected chi connectivity index (χ0v) is 18.8. The summed E-state index contributed by atoms with van der Waals surface area (Å²) < 4.78 is 16.8. The van der Waals surface area contributed by atoms with E-state index < -0.39 is 0 Å². The largest absolute Gasteiger partial charge is 0.348 e. The highest BCUT2D eigenvalue weighted by Gasteiger charge is 2.20. The molecular weight excluding hydrogens is 435 g/mol. The maximum absolute atomic E-state index is 13.4. The number of benzene rings is 2. The summed E-state index contributed by atoms with van der Waals surface area (Å²) in [4.78, 5) is 24.9. The molecule has 0 aliphatic rings. The van der Waals surface area contributed by atoms with Gasteiger partial charge in [-0.25, -0.2) is 13.9 Å². The lowest BCUT2D eigenvalue weighted by molar-refractivity contribution is 0.0951. The van der Waals surface area contributed by atoms with Crippen LogP contribution in [0.5, 0.6) is 0 Å². The van der Waals surface area contributed by atoms with E-state index in [2.05, 4.69) is 21.0 Å². The topological polar surface area (TPSA) is 93.0 Å². The molecule has 8 nitrogen and oxygen atoms in total. The second-order valence-electron chi connectivity index (χ2n) is 7.99. The fourth-order valence-electron chi connectivity index (χ4n) is 3.41. The maximum Gasteiger partial charge on any atom is 0.319 e. The zero-order chi connectivity index (χ0) is 24.1. The molecule has 3 amide bonds. The van der Waals surface area contributed by atoms with Gasteiger partial charge in [-0.15, -0.1) is 0 Å². The van der Waals surface area contributed by atoms with Gasteiger partial charge in [0.2, 0.25) is 0 Å². The van der Waals surface area contributed by atoms with Gasteiger partial charge >= 0.3 is 6.03 Å². The van der Waals surface area contributed by atoms with E-state index in [0.717, 1.165) is 5.56 Å². The van der Waals surface area contributed by atoms with Crippen LogP contribution in [0.2, 0.25) is 0 Å². The van der Waals surface area contributed by atoms with Gasteiger partial charge in [0.05, 0.1) is 11.9 Å².